The molecule has 5 heteroatoms. The SMILES string of the molecule is Cc1cc(N2CCC(n3ccnc3)CC2)ncn1. The van der Waals surface area contributed by atoms with Gasteiger partial charge in [0.1, 0.15) is 12.1 Å². The van der Waals surface area contributed by atoms with Crippen LogP contribution in [0, 0.1) is 6.92 Å². The first-order valence-corrected chi connectivity index (χ1v) is 6.34. The van der Waals surface area contributed by atoms with Crippen LogP contribution in [0.5, 0.6) is 0 Å². The summed E-state index contributed by atoms with van der Waals surface area (Å²) in [6, 6.07) is 2.63. The molecule has 0 bridgehead atoms. The molecule has 0 amide bonds. The first kappa shape index (κ1) is 11.2. The zero-order chi connectivity index (χ0) is 12.4. The third-order valence-corrected chi connectivity index (χ3v) is 3.52. The largest absolute Gasteiger partial charge is 0.356 e. The molecule has 18 heavy (non-hydrogen) atoms. The second-order valence-electron chi connectivity index (χ2n) is 4.75. The molecule has 0 radical (unpaired) electrons. The van der Waals surface area contributed by atoms with Crippen LogP contribution in [0.15, 0.2) is 31.1 Å². The molecule has 2 aromatic heterocycles. The van der Waals surface area contributed by atoms with Crippen molar-refractivity contribution in [2.75, 3.05) is 18.0 Å². The molecule has 0 aromatic carbocycles. The maximum atomic E-state index is 4.35. The minimum absolute atomic E-state index is 0.576. The maximum absolute atomic E-state index is 4.35. The third-order valence-electron chi connectivity index (χ3n) is 3.52. The van der Waals surface area contributed by atoms with Crippen LogP contribution in [0.4, 0.5) is 5.82 Å². The molecule has 5 nitrogen and oxygen atoms in total. The number of aromatic nitrogens is 4. The van der Waals surface area contributed by atoms with E-state index in [1.807, 2.05) is 19.4 Å². The van der Waals surface area contributed by atoms with Crippen molar-refractivity contribution in [3.05, 3.63) is 36.8 Å². The topological polar surface area (TPSA) is 46.8 Å². The average Bonchev–Trinajstić information content (AvgIpc) is 2.93. The molecule has 1 fully saturated rings. The molecule has 0 N–H and O–H groups in total. The third kappa shape index (κ3) is 2.20. The lowest BCUT2D eigenvalue weighted by Crippen LogP contribution is -2.35. The molecule has 0 unspecified atom stereocenters. The quantitative estimate of drug-likeness (QED) is 0.807. The first-order chi connectivity index (χ1) is 8.83. The predicted octanol–water partition coefficient (Wildman–Crippen LogP) is 1.82. The standard InChI is InChI=1S/C13H17N5/c1-11-8-13(16-9-15-11)17-5-2-12(3-6-17)18-7-4-14-10-18/h4,7-10,12H,2-3,5-6H2,1H3. The van der Waals surface area contributed by atoms with Gasteiger partial charge in [-0.15, -0.1) is 0 Å². The molecule has 3 rings (SSSR count). The Morgan fingerprint density at radius 2 is 2.06 bits per heavy atom. The van der Waals surface area contributed by atoms with E-state index in [0.29, 0.717) is 6.04 Å². The summed E-state index contributed by atoms with van der Waals surface area (Å²) in [7, 11) is 0. The zero-order valence-corrected chi connectivity index (χ0v) is 10.5. The number of hydrogen-bond donors (Lipinski definition) is 0. The summed E-state index contributed by atoms with van der Waals surface area (Å²) in [6.07, 6.45) is 9.73. The number of anilines is 1. The summed E-state index contributed by atoms with van der Waals surface area (Å²) in [5.41, 5.74) is 1.02. The fraction of sp³-hybridized carbons (Fsp3) is 0.462. The van der Waals surface area contributed by atoms with Crippen LogP contribution < -0.4 is 4.90 Å². The molecule has 0 aliphatic carbocycles. The molecule has 0 spiro atoms. The Balaban J connectivity index is 1.67. The molecule has 0 saturated carbocycles. The van der Waals surface area contributed by atoms with Gasteiger partial charge in [-0.3, -0.25) is 0 Å². The number of hydrogen-bond acceptors (Lipinski definition) is 4. The van der Waals surface area contributed by atoms with Crippen molar-refractivity contribution in [2.45, 2.75) is 25.8 Å². The van der Waals surface area contributed by atoms with Crippen molar-refractivity contribution in [2.24, 2.45) is 0 Å². The van der Waals surface area contributed by atoms with Gasteiger partial charge in [0.2, 0.25) is 0 Å². The summed E-state index contributed by atoms with van der Waals surface area (Å²) in [4.78, 5) is 14.9. The minimum Gasteiger partial charge on any atom is -0.356 e. The molecule has 2 aromatic rings. The van der Waals surface area contributed by atoms with Crippen LogP contribution in [0.3, 0.4) is 0 Å². The van der Waals surface area contributed by atoms with Crippen LogP contribution in [-0.4, -0.2) is 32.6 Å². The summed E-state index contributed by atoms with van der Waals surface area (Å²) in [5, 5.41) is 0. The maximum Gasteiger partial charge on any atom is 0.132 e. The predicted molar refractivity (Wildman–Crippen MR) is 69.5 cm³/mol. The highest BCUT2D eigenvalue weighted by molar-refractivity contribution is 5.39. The van der Waals surface area contributed by atoms with Gasteiger partial charge in [0.15, 0.2) is 0 Å². The molecule has 1 aliphatic rings. The fourth-order valence-corrected chi connectivity index (χ4v) is 2.49. The lowest BCUT2D eigenvalue weighted by Gasteiger charge is -2.33. The lowest BCUT2D eigenvalue weighted by atomic mass is 10.1. The average molecular weight is 243 g/mol. The highest BCUT2D eigenvalue weighted by Crippen LogP contribution is 2.25. The van der Waals surface area contributed by atoms with Crippen molar-refractivity contribution in [1.82, 2.24) is 19.5 Å². The van der Waals surface area contributed by atoms with Gasteiger partial charge in [0.25, 0.3) is 0 Å². The van der Waals surface area contributed by atoms with E-state index in [1.54, 1.807) is 6.33 Å². The van der Waals surface area contributed by atoms with Gasteiger partial charge < -0.3 is 9.47 Å². The van der Waals surface area contributed by atoms with Crippen molar-refractivity contribution >= 4 is 5.82 Å². The van der Waals surface area contributed by atoms with Crippen molar-refractivity contribution in [1.29, 1.82) is 0 Å². The summed E-state index contributed by atoms with van der Waals surface area (Å²) >= 11 is 0. The van der Waals surface area contributed by atoms with E-state index < -0.39 is 0 Å². The summed E-state index contributed by atoms with van der Waals surface area (Å²) in [6.45, 7) is 4.09. The Bertz CT molecular complexity index is 500. The molecule has 3 heterocycles. The minimum atomic E-state index is 0.576. The van der Waals surface area contributed by atoms with E-state index in [0.717, 1.165) is 37.4 Å². The second kappa shape index (κ2) is 4.76. The van der Waals surface area contributed by atoms with Gasteiger partial charge in [-0.05, 0) is 19.8 Å². The first-order valence-electron chi connectivity index (χ1n) is 6.34. The molecule has 0 atom stereocenters. The van der Waals surface area contributed by atoms with E-state index in [9.17, 15) is 0 Å². The van der Waals surface area contributed by atoms with Gasteiger partial charge >= 0.3 is 0 Å². The number of imidazole rings is 1. The second-order valence-corrected chi connectivity index (χ2v) is 4.75. The number of nitrogens with zero attached hydrogens (tertiary/aromatic N) is 5. The van der Waals surface area contributed by atoms with E-state index in [1.165, 1.54) is 0 Å². The number of rotatable bonds is 2. The van der Waals surface area contributed by atoms with Gasteiger partial charge in [-0.1, -0.05) is 0 Å². The molecule has 1 saturated heterocycles. The smallest absolute Gasteiger partial charge is 0.132 e. The highest BCUT2D eigenvalue weighted by Gasteiger charge is 2.20. The molecule has 94 valence electrons. The van der Waals surface area contributed by atoms with E-state index in [2.05, 4.69) is 36.7 Å². The molecular weight excluding hydrogens is 226 g/mol. The monoisotopic (exact) mass is 243 g/mol. The molecular formula is C13H17N5. The van der Waals surface area contributed by atoms with Crippen molar-refractivity contribution in [3.63, 3.8) is 0 Å². The van der Waals surface area contributed by atoms with Crippen LogP contribution >= 0.6 is 0 Å². The Morgan fingerprint density at radius 1 is 1.22 bits per heavy atom. The van der Waals surface area contributed by atoms with E-state index >= 15 is 0 Å². The summed E-state index contributed by atoms with van der Waals surface area (Å²) in [5.74, 6) is 1.05. The fourth-order valence-electron chi connectivity index (χ4n) is 2.49. The number of aryl methyl sites for hydroxylation is 1. The van der Waals surface area contributed by atoms with Crippen LogP contribution in [0.1, 0.15) is 24.6 Å². The number of piperidine rings is 1. The highest BCUT2D eigenvalue weighted by atomic mass is 15.2. The van der Waals surface area contributed by atoms with Crippen LogP contribution in [-0.2, 0) is 0 Å². The van der Waals surface area contributed by atoms with Crippen molar-refractivity contribution < 1.29 is 0 Å². The van der Waals surface area contributed by atoms with Gasteiger partial charge in [0, 0.05) is 43.3 Å². The Hall–Kier alpha value is -1.91. The Labute approximate surface area is 107 Å². The van der Waals surface area contributed by atoms with Gasteiger partial charge in [0.05, 0.1) is 6.33 Å². The zero-order valence-electron chi connectivity index (χ0n) is 10.5. The van der Waals surface area contributed by atoms with Gasteiger partial charge in [-0.2, -0.15) is 0 Å². The van der Waals surface area contributed by atoms with Crippen LogP contribution in [0.25, 0.3) is 0 Å². The lowest BCUT2D eigenvalue weighted by molar-refractivity contribution is 0.394. The molecule has 1 aliphatic heterocycles. The Kier molecular flexibility index (Phi) is 2.96. The Morgan fingerprint density at radius 3 is 2.72 bits per heavy atom. The summed E-state index contributed by atoms with van der Waals surface area (Å²) < 4.78 is 2.21. The van der Waals surface area contributed by atoms with Gasteiger partial charge in [-0.25, -0.2) is 15.0 Å². The van der Waals surface area contributed by atoms with Crippen LogP contribution in [0.2, 0.25) is 0 Å². The van der Waals surface area contributed by atoms with Crippen molar-refractivity contribution in [3.8, 4) is 0 Å². The van der Waals surface area contributed by atoms with E-state index in [-0.39, 0.29) is 0 Å². The normalized spacial score (nSPS) is 17.1. The van der Waals surface area contributed by atoms with E-state index in [4.69, 9.17) is 0 Å².